The van der Waals surface area contributed by atoms with E-state index in [0.29, 0.717) is 0 Å². The fourth-order valence-electron chi connectivity index (χ4n) is 3.06. The van der Waals surface area contributed by atoms with Crippen LogP contribution in [0.25, 0.3) is 0 Å². The SMILES string of the molecule is CC(N)C(=O)N[C@@H]1[C@H]2C(=C(O)C[C@@H](O)[C@@H]2O)C(=O)O[C@]1(C)/C=N/O. The number of nitrogens with zero attached hydrogens (tertiary/aromatic N) is 1. The van der Waals surface area contributed by atoms with Gasteiger partial charge in [0.15, 0.2) is 5.60 Å². The maximum Gasteiger partial charge on any atom is 0.338 e. The van der Waals surface area contributed by atoms with Crippen molar-refractivity contribution in [1.82, 2.24) is 5.32 Å². The Hall–Kier alpha value is -2.17. The van der Waals surface area contributed by atoms with Crippen molar-refractivity contribution in [3.05, 3.63) is 11.3 Å². The van der Waals surface area contributed by atoms with Crippen molar-refractivity contribution in [2.24, 2.45) is 16.8 Å². The van der Waals surface area contributed by atoms with E-state index in [9.17, 15) is 24.9 Å². The molecule has 1 amide bonds. The van der Waals surface area contributed by atoms with Crippen molar-refractivity contribution in [3.8, 4) is 0 Å². The van der Waals surface area contributed by atoms with Crippen molar-refractivity contribution in [2.75, 3.05) is 0 Å². The van der Waals surface area contributed by atoms with Crippen LogP contribution in [0.4, 0.5) is 0 Å². The van der Waals surface area contributed by atoms with Gasteiger partial charge in [0.2, 0.25) is 5.91 Å². The molecule has 1 saturated heterocycles. The summed E-state index contributed by atoms with van der Waals surface area (Å²) in [5, 5.41) is 44.5. The topological polar surface area (TPSA) is 175 Å². The first-order chi connectivity index (χ1) is 11.1. The Morgan fingerprint density at radius 3 is 2.71 bits per heavy atom. The number of fused-ring (bicyclic) bond motifs is 1. The lowest BCUT2D eigenvalue weighted by molar-refractivity contribution is -0.165. The standard InChI is InChI=1S/C14H21N3O7/c1-5(15)12(21)17-11-9-8(6(18)3-7(19)10(9)20)13(22)24-14(11,2)4-16-23/h4-5,7,9-11,18-20,23H,3,15H2,1-2H3,(H,17,21)/b16-4+/t5?,7-,9+,10+,11-,14-/m1/s1. The second-order valence-corrected chi connectivity index (χ2v) is 6.24. The van der Waals surface area contributed by atoms with Crippen LogP contribution in [0.2, 0.25) is 0 Å². The number of nitrogens with one attached hydrogen (secondary N) is 1. The highest BCUT2D eigenvalue weighted by Crippen LogP contribution is 2.41. The molecule has 7 N–H and O–H groups in total. The third-order valence-electron chi connectivity index (χ3n) is 4.34. The van der Waals surface area contributed by atoms with Gasteiger partial charge >= 0.3 is 5.97 Å². The number of nitrogens with two attached hydrogens (primary N) is 1. The third kappa shape index (κ3) is 2.95. The summed E-state index contributed by atoms with van der Waals surface area (Å²) >= 11 is 0. The predicted octanol–water partition coefficient (Wildman–Crippen LogP) is -1.85. The largest absolute Gasteiger partial charge is 0.512 e. The highest BCUT2D eigenvalue weighted by atomic mass is 16.6. The van der Waals surface area contributed by atoms with Crippen LogP contribution >= 0.6 is 0 Å². The van der Waals surface area contributed by atoms with Gasteiger partial charge in [0.1, 0.15) is 5.76 Å². The molecule has 0 aromatic carbocycles. The first-order valence-corrected chi connectivity index (χ1v) is 7.38. The molecule has 0 spiro atoms. The molecule has 0 aromatic heterocycles. The van der Waals surface area contributed by atoms with Crippen LogP contribution in [-0.2, 0) is 14.3 Å². The number of hydrogen-bond donors (Lipinski definition) is 6. The molecule has 1 heterocycles. The Balaban J connectivity index is 2.55. The molecule has 134 valence electrons. The Bertz CT molecular complexity index is 603. The van der Waals surface area contributed by atoms with Gasteiger partial charge in [-0.1, -0.05) is 5.16 Å². The number of aliphatic hydroxyl groups excluding tert-OH is 3. The van der Waals surface area contributed by atoms with Crippen LogP contribution in [0.1, 0.15) is 20.3 Å². The van der Waals surface area contributed by atoms with E-state index in [1.807, 2.05) is 0 Å². The fourth-order valence-corrected chi connectivity index (χ4v) is 3.06. The van der Waals surface area contributed by atoms with Crippen molar-refractivity contribution < 1.29 is 34.9 Å². The van der Waals surface area contributed by atoms with Gasteiger partial charge in [-0.3, -0.25) is 4.79 Å². The number of carbonyl (C=O) groups is 2. The van der Waals surface area contributed by atoms with E-state index in [2.05, 4.69) is 10.5 Å². The van der Waals surface area contributed by atoms with E-state index in [1.54, 1.807) is 0 Å². The molecule has 10 nitrogen and oxygen atoms in total. The average molecular weight is 343 g/mol. The molecule has 0 radical (unpaired) electrons. The second-order valence-electron chi connectivity index (χ2n) is 6.24. The molecule has 6 atom stereocenters. The summed E-state index contributed by atoms with van der Waals surface area (Å²) in [4.78, 5) is 24.3. The number of rotatable bonds is 3. The number of carbonyl (C=O) groups excluding carboxylic acids is 2. The highest BCUT2D eigenvalue weighted by Gasteiger charge is 2.56. The quantitative estimate of drug-likeness (QED) is 0.150. The molecule has 1 aliphatic heterocycles. The highest BCUT2D eigenvalue weighted by molar-refractivity contribution is 5.95. The van der Waals surface area contributed by atoms with Crippen LogP contribution in [0, 0.1) is 5.92 Å². The van der Waals surface area contributed by atoms with E-state index in [4.69, 9.17) is 15.7 Å². The first-order valence-electron chi connectivity index (χ1n) is 7.38. The molecule has 24 heavy (non-hydrogen) atoms. The lowest BCUT2D eigenvalue weighted by Gasteiger charge is -2.48. The summed E-state index contributed by atoms with van der Waals surface area (Å²) in [5.74, 6) is -3.13. The molecule has 2 rings (SSSR count). The molecule has 10 heteroatoms. The zero-order chi connectivity index (χ0) is 18.2. The molecule has 1 fully saturated rings. The van der Waals surface area contributed by atoms with Gasteiger partial charge in [0.05, 0.1) is 36.1 Å². The number of hydrogen-bond acceptors (Lipinski definition) is 9. The van der Waals surface area contributed by atoms with Crippen LogP contribution < -0.4 is 11.1 Å². The van der Waals surface area contributed by atoms with Crippen molar-refractivity contribution in [3.63, 3.8) is 0 Å². The maximum absolute atomic E-state index is 12.2. The van der Waals surface area contributed by atoms with Crippen molar-refractivity contribution >= 4 is 18.1 Å². The average Bonchev–Trinajstić information content (AvgIpc) is 2.47. The smallest absolute Gasteiger partial charge is 0.338 e. The number of aliphatic hydroxyl groups is 3. The molecule has 2 aliphatic rings. The van der Waals surface area contributed by atoms with Crippen LogP contribution in [0.15, 0.2) is 16.5 Å². The van der Waals surface area contributed by atoms with Crippen LogP contribution in [-0.4, -0.2) is 68.5 Å². The molecule has 0 saturated carbocycles. The minimum Gasteiger partial charge on any atom is -0.512 e. The van der Waals surface area contributed by atoms with Gasteiger partial charge in [0, 0.05) is 12.3 Å². The summed E-state index contributed by atoms with van der Waals surface area (Å²) in [6.45, 7) is 2.79. The minimum atomic E-state index is -1.62. The summed E-state index contributed by atoms with van der Waals surface area (Å²) in [6.07, 6.45) is -2.22. The maximum atomic E-state index is 12.2. The summed E-state index contributed by atoms with van der Waals surface area (Å²) in [5.41, 5.74) is 3.67. The second kappa shape index (κ2) is 6.38. The van der Waals surface area contributed by atoms with Crippen molar-refractivity contribution in [2.45, 2.75) is 50.2 Å². The van der Waals surface area contributed by atoms with Crippen LogP contribution in [0.5, 0.6) is 0 Å². The van der Waals surface area contributed by atoms with E-state index in [0.717, 1.165) is 6.21 Å². The van der Waals surface area contributed by atoms with Gasteiger partial charge in [-0.15, -0.1) is 0 Å². The third-order valence-corrected chi connectivity index (χ3v) is 4.34. The Labute approximate surface area is 137 Å². The van der Waals surface area contributed by atoms with Crippen molar-refractivity contribution in [1.29, 1.82) is 0 Å². The van der Waals surface area contributed by atoms with E-state index < -0.39 is 53.4 Å². The zero-order valence-corrected chi connectivity index (χ0v) is 13.2. The molecule has 0 aromatic rings. The summed E-state index contributed by atoms with van der Waals surface area (Å²) in [6, 6.07) is -2.02. The van der Waals surface area contributed by atoms with Gasteiger partial charge in [-0.2, -0.15) is 0 Å². The Morgan fingerprint density at radius 2 is 2.17 bits per heavy atom. The van der Waals surface area contributed by atoms with E-state index in [1.165, 1.54) is 13.8 Å². The number of cyclic esters (lactones) is 1. The zero-order valence-electron chi connectivity index (χ0n) is 13.2. The number of amides is 1. The lowest BCUT2D eigenvalue weighted by atomic mass is 9.70. The monoisotopic (exact) mass is 343 g/mol. The molecular formula is C14H21N3O7. The summed E-state index contributed by atoms with van der Waals surface area (Å²) < 4.78 is 5.22. The summed E-state index contributed by atoms with van der Waals surface area (Å²) in [7, 11) is 0. The molecule has 1 aliphatic carbocycles. The van der Waals surface area contributed by atoms with Gasteiger partial charge in [0.25, 0.3) is 0 Å². The van der Waals surface area contributed by atoms with Crippen LogP contribution in [0.3, 0.4) is 0 Å². The molecular weight excluding hydrogens is 322 g/mol. The minimum absolute atomic E-state index is 0.230. The van der Waals surface area contributed by atoms with E-state index in [-0.39, 0.29) is 12.0 Å². The van der Waals surface area contributed by atoms with Gasteiger partial charge < -0.3 is 36.3 Å². The fraction of sp³-hybridized carbons (Fsp3) is 0.643. The molecule has 1 unspecified atom stereocenters. The molecule has 0 bridgehead atoms. The van der Waals surface area contributed by atoms with E-state index >= 15 is 0 Å². The number of oxime groups is 1. The first kappa shape index (κ1) is 18.2. The number of ether oxygens (including phenoxy) is 1. The Morgan fingerprint density at radius 1 is 1.54 bits per heavy atom. The number of esters is 1. The Kier molecular flexibility index (Phi) is 4.83. The van der Waals surface area contributed by atoms with Gasteiger partial charge in [-0.05, 0) is 13.8 Å². The normalized spacial score (nSPS) is 37.8. The lowest BCUT2D eigenvalue weighted by Crippen LogP contribution is -2.67. The predicted molar refractivity (Wildman–Crippen MR) is 80.1 cm³/mol. The van der Waals surface area contributed by atoms with Gasteiger partial charge in [-0.25, -0.2) is 4.79 Å².